The molecule has 13 atom stereocenters. The van der Waals surface area contributed by atoms with Crippen LogP contribution in [0, 0.1) is 29.6 Å². The van der Waals surface area contributed by atoms with Gasteiger partial charge < -0.3 is 64.8 Å². The maximum Gasteiger partial charge on any atom is 0.393 e. The van der Waals surface area contributed by atoms with Crippen LogP contribution in [0.3, 0.4) is 0 Å². The summed E-state index contributed by atoms with van der Waals surface area (Å²) in [7, 11) is 10.0. The SMILES string of the molecule is CC[C@H](C)[C@@H]1NC(=O)[C@H](CC)N(C)C(=O)C[C@@H](C(=O)N2C3CCC2COC3)N(C)C(=O)[C@H](C2CCCCC2)N(C)C(=O)C2(CCCC2)NC(=O)[C@@H]2CCCN2C(=O)[C@H](CCC2CCC(C(F)(F)F)C(Cl)C2)NC(=O)CN(C)C(=O)[C@H](CC2CCCCC2)N(C)C(=O)CN(C)C(=O)CN(C)C1=O. The molecule has 5 unspecified atom stereocenters. The first-order valence-electron chi connectivity index (χ1n) is 37.4. The van der Waals surface area contributed by atoms with Crippen LogP contribution in [-0.2, 0) is 62.3 Å². The number of carbonyl (C=O) groups is 12. The predicted octanol–water partition coefficient (Wildman–Crippen LogP) is 5.23. The lowest BCUT2D eigenvalue weighted by Crippen LogP contribution is -2.65. The molecule has 0 radical (unpaired) electrons. The van der Waals surface area contributed by atoms with Gasteiger partial charge in [0.25, 0.3) is 0 Å². The van der Waals surface area contributed by atoms with Crippen molar-refractivity contribution in [3.63, 3.8) is 0 Å². The fourth-order valence-electron chi connectivity index (χ4n) is 17.4. The molecule has 29 heteroatoms. The lowest BCUT2D eigenvalue weighted by molar-refractivity contribution is -0.182. The highest BCUT2D eigenvalue weighted by Gasteiger charge is 2.53. The Kier molecular flexibility index (Phi) is 28.2. The van der Waals surface area contributed by atoms with Gasteiger partial charge in [-0.2, -0.15) is 13.2 Å². The zero-order valence-corrected chi connectivity index (χ0v) is 62.1. The van der Waals surface area contributed by atoms with Gasteiger partial charge in [0.2, 0.25) is 70.9 Å². The molecule has 8 fully saturated rings. The highest BCUT2D eigenvalue weighted by molar-refractivity contribution is 6.21. The Balaban J connectivity index is 1.15. The highest BCUT2D eigenvalue weighted by Crippen LogP contribution is 2.44. The molecule has 8 rings (SSSR count). The summed E-state index contributed by atoms with van der Waals surface area (Å²) in [6.45, 7) is 4.23. The van der Waals surface area contributed by atoms with Crippen molar-refractivity contribution in [3.8, 4) is 0 Å². The van der Waals surface area contributed by atoms with Crippen molar-refractivity contribution >= 4 is 82.5 Å². The molecule has 12 amide bonds. The Morgan fingerprint density at radius 3 is 1.81 bits per heavy atom. The van der Waals surface area contributed by atoms with Gasteiger partial charge in [0.05, 0.1) is 57.3 Å². The monoisotopic (exact) mass is 1450 g/mol. The maximum absolute atomic E-state index is 15.9. The lowest BCUT2D eigenvalue weighted by atomic mass is 9.78. The second kappa shape index (κ2) is 35.4. The third kappa shape index (κ3) is 19.2. The summed E-state index contributed by atoms with van der Waals surface area (Å²) in [6, 6.07) is -9.26. The molecule has 4 saturated heterocycles. The second-order valence-corrected chi connectivity index (χ2v) is 31.4. The van der Waals surface area contributed by atoms with Crippen LogP contribution in [0.1, 0.15) is 194 Å². The van der Waals surface area contributed by atoms with Crippen molar-refractivity contribution in [2.24, 2.45) is 29.6 Å². The fraction of sp³-hybridized carbons (Fsp3) is 0.833. The Bertz CT molecular complexity index is 2970. The predicted molar refractivity (Wildman–Crippen MR) is 369 cm³/mol. The van der Waals surface area contributed by atoms with E-state index in [9.17, 15) is 41.9 Å². The standard InChI is InChI=1S/C72H114ClF3N12O13/c1-11-44(3)61-68(98)82(6)40-59(91)80(4)41-60(92)84(8)55(37-45-22-15-13-16-23-45)66(96)81(5)39-57(89)77-52(32-28-46-27-31-50(51(73)36-46)72(74,75)76)65(95)87-35-21-26-54(87)64(94)79-71(33-19-20-34-71)70(100)86(10)62(47-24-17-14-18-25-47)69(99)85(9)56(38-58(90)83(7)53(12-2)63(93)78-61)67(97)88-48-29-30-49(88)43-101-42-48/h44-56,61-62H,11-43H2,1-10H3,(H,77,89)(H,78,93)(H,79,94)/t44-,46?,48?,49?,50?,51?,52-,53-,54-,55-,56-,61-,62-/m0/s1. The van der Waals surface area contributed by atoms with Crippen LogP contribution in [0.4, 0.5) is 13.2 Å². The molecule has 25 nitrogen and oxygen atoms in total. The summed E-state index contributed by atoms with van der Waals surface area (Å²) < 4.78 is 47.9. The molecule has 3 N–H and O–H groups in total. The van der Waals surface area contributed by atoms with E-state index in [1.165, 1.54) is 73.8 Å². The molecule has 0 aromatic heterocycles. The van der Waals surface area contributed by atoms with E-state index in [1.807, 2.05) is 6.92 Å². The van der Waals surface area contributed by atoms with Gasteiger partial charge in [0.1, 0.15) is 47.8 Å². The molecule has 4 aliphatic heterocycles. The summed E-state index contributed by atoms with van der Waals surface area (Å²) >= 11 is 6.41. The molecule has 1 spiro atoms. The van der Waals surface area contributed by atoms with Crippen molar-refractivity contribution in [2.45, 2.75) is 266 Å². The molecule has 568 valence electrons. The van der Waals surface area contributed by atoms with E-state index in [0.717, 1.165) is 66.1 Å². The first-order valence-corrected chi connectivity index (χ1v) is 37.9. The number of amides is 12. The van der Waals surface area contributed by atoms with E-state index in [-0.39, 0.29) is 108 Å². The van der Waals surface area contributed by atoms with Crippen LogP contribution in [0.5, 0.6) is 0 Å². The minimum atomic E-state index is -4.51. The summed E-state index contributed by atoms with van der Waals surface area (Å²) in [5.74, 6) is -10.5. The van der Waals surface area contributed by atoms with Crippen molar-refractivity contribution in [2.75, 3.05) is 88.7 Å². The summed E-state index contributed by atoms with van der Waals surface area (Å²) in [5, 5.41) is 7.60. The number of hydrogen-bond donors (Lipinski definition) is 3. The van der Waals surface area contributed by atoms with E-state index in [2.05, 4.69) is 16.0 Å². The summed E-state index contributed by atoms with van der Waals surface area (Å²) in [5.41, 5.74) is -1.56. The number of carbonyl (C=O) groups excluding carboxylic acids is 12. The number of morpholine rings is 1. The molecular weight excluding hydrogens is 1330 g/mol. The smallest absolute Gasteiger partial charge is 0.377 e. The number of nitrogens with zero attached hydrogens (tertiary/aromatic N) is 9. The highest BCUT2D eigenvalue weighted by atomic mass is 35.5. The number of hydrogen-bond acceptors (Lipinski definition) is 13. The van der Waals surface area contributed by atoms with Gasteiger partial charge in [0, 0.05) is 61.3 Å². The largest absolute Gasteiger partial charge is 0.393 e. The zero-order valence-electron chi connectivity index (χ0n) is 61.3. The summed E-state index contributed by atoms with van der Waals surface area (Å²) in [6.07, 6.45) is 6.76. The van der Waals surface area contributed by atoms with Gasteiger partial charge in [-0.25, -0.2) is 0 Å². The van der Waals surface area contributed by atoms with Crippen LogP contribution in [0.15, 0.2) is 0 Å². The second-order valence-electron chi connectivity index (χ2n) is 30.8. The molecule has 4 saturated carbocycles. The van der Waals surface area contributed by atoms with Crippen LogP contribution in [-0.4, -0.2) is 275 Å². The zero-order chi connectivity index (χ0) is 73.9. The number of likely N-dealkylation sites (N-methyl/N-ethyl adjacent to an activating group) is 7. The maximum atomic E-state index is 15.9. The minimum absolute atomic E-state index is 0.000290. The third-order valence-corrected chi connectivity index (χ3v) is 24.5. The van der Waals surface area contributed by atoms with E-state index < -0.39 is 174 Å². The Morgan fingerprint density at radius 1 is 0.604 bits per heavy atom. The Morgan fingerprint density at radius 2 is 1.21 bits per heavy atom. The molecule has 101 heavy (non-hydrogen) atoms. The summed E-state index contributed by atoms with van der Waals surface area (Å²) in [4.78, 5) is 191. The van der Waals surface area contributed by atoms with E-state index >= 15 is 28.8 Å². The minimum Gasteiger partial charge on any atom is -0.377 e. The van der Waals surface area contributed by atoms with Crippen molar-refractivity contribution < 1.29 is 75.4 Å². The van der Waals surface area contributed by atoms with Gasteiger partial charge in [0.15, 0.2) is 0 Å². The Labute approximate surface area is 599 Å². The number of rotatable bonds is 10. The van der Waals surface area contributed by atoms with Crippen LogP contribution in [0.2, 0.25) is 0 Å². The number of ether oxygens (including phenoxy) is 1. The van der Waals surface area contributed by atoms with Gasteiger partial charge in [-0.1, -0.05) is 91.4 Å². The first-order chi connectivity index (χ1) is 47.8. The van der Waals surface area contributed by atoms with Crippen LogP contribution < -0.4 is 16.0 Å². The average Bonchev–Trinajstić information content (AvgIpc) is 1.75. The molecule has 4 aliphatic carbocycles. The van der Waals surface area contributed by atoms with E-state index in [0.29, 0.717) is 51.4 Å². The van der Waals surface area contributed by atoms with E-state index in [1.54, 1.807) is 18.7 Å². The van der Waals surface area contributed by atoms with E-state index in [4.69, 9.17) is 16.3 Å². The van der Waals surface area contributed by atoms with Crippen molar-refractivity contribution in [1.29, 1.82) is 0 Å². The Hall–Kier alpha value is -6.32. The average molecular weight is 1450 g/mol. The molecule has 2 bridgehead atoms. The number of nitrogens with one attached hydrogen (secondary N) is 3. The quantitative estimate of drug-likeness (QED) is 0.237. The topological polar surface area (TPSA) is 279 Å². The molecule has 0 aromatic rings. The van der Waals surface area contributed by atoms with Gasteiger partial charge in [-0.05, 0) is 120 Å². The number of halogens is 4. The van der Waals surface area contributed by atoms with Gasteiger partial charge in [-0.3, -0.25) is 57.5 Å². The molecular formula is C72H114ClF3N12O13. The normalized spacial score (nSPS) is 31.8. The lowest BCUT2D eigenvalue weighted by Gasteiger charge is -2.44. The first kappa shape index (κ1) is 80.4. The molecule has 0 aromatic carbocycles. The van der Waals surface area contributed by atoms with Gasteiger partial charge >= 0.3 is 6.18 Å². The van der Waals surface area contributed by atoms with Crippen LogP contribution in [0.25, 0.3) is 0 Å². The third-order valence-electron chi connectivity index (χ3n) is 24.0. The molecule has 4 heterocycles. The van der Waals surface area contributed by atoms with Crippen molar-refractivity contribution in [1.82, 2.24) is 60.0 Å². The van der Waals surface area contributed by atoms with Gasteiger partial charge in [-0.15, -0.1) is 11.6 Å². The number of fused-ring (bicyclic) bond motifs is 3. The fourth-order valence-corrected chi connectivity index (χ4v) is 17.9. The van der Waals surface area contributed by atoms with Crippen LogP contribution >= 0.6 is 11.6 Å². The molecule has 8 aliphatic rings. The van der Waals surface area contributed by atoms with Crippen molar-refractivity contribution in [3.05, 3.63) is 0 Å². The number of alkyl halides is 4.